The summed E-state index contributed by atoms with van der Waals surface area (Å²) in [6.07, 6.45) is -0.557. The number of nitrogens with zero attached hydrogens (tertiary/aromatic N) is 2. The maximum absolute atomic E-state index is 13.7. The first kappa shape index (κ1) is 30.4. The summed E-state index contributed by atoms with van der Waals surface area (Å²) in [5.41, 5.74) is 1.86. The average Bonchev–Trinajstić information content (AvgIpc) is 3.03. The number of likely N-dealkylation sites (N-methyl/N-ethyl adjacent to an activating group) is 1. The van der Waals surface area contributed by atoms with Gasteiger partial charge in [0.05, 0.1) is 36.1 Å². The SMILES string of the molecule is C[C@H]1CN([C@@H](C)CO)C(=O)c2cccc(NC(=O)Nc3ccccc3)c2O[C@H]1CN(C)C(=O)Nc1cccc2ccccc12. The Morgan fingerprint density at radius 3 is 2.39 bits per heavy atom. The highest BCUT2D eigenvalue weighted by Crippen LogP contribution is 2.35. The quantitative estimate of drug-likeness (QED) is 0.213. The predicted molar refractivity (Wildman–Crippen MR) is 172 cm³/mol. The van der Waals surface area contributed by atoms with E-state index in [9.17, 15) is 19.5 Å². The monoisotopic (exact) mass is 595 g/mol. The molecule has 0 unspecified atom stereocenters. The lowest BCUT2D eigenvalue weighted by Gasteiger charge is -2.38. The van der Waals surface area contributed by atoms with Crippen LogP contribution in [0.5, 0.6) is 5.75 Å². The summed E-state index contributed by atoms with van der Waals surface area (Å²) >= 11 is 0. The molecule has 0 saturated heterocycles. The van der Waals surface area contributed by atoms with Gasteiger partial charge in [0.1, 0.15) is 6.10 Å². The van der Waals surface area contributed by atoms with Crippen molar-refractivity contribution in [1.29, 1.82) is 0 Å². The molecule has 1 aliphatic heterocycles. The van der Waals surface area contributed by atoms with Crippen molar-refractivity contribution >= 4 is 45.8 Å². The minimum atomic E-state index is -0.557. The number of amides is 5. The molecule has 1 aliphatic rings. The van der Waals surface area contributed by atoms with Crippen molar-refractivity contribution in [1.82, 2.24) is 9.80 Å². The van der Waals surface area contributed by atoms with Gasteiger partial charge in [-0.25, -0.2) is 9.59 Å². The number of anilines is 3. The Kier molecular flexibility index (Phi) is 9.30. The van der Waals surface area contributed by atoms with Crippen molar-refractivity contribution in [3.8, 4) is 5.75 Å². The maximum atomic E-state index is 13.7. The summed E-state index contributed by atoms with van der Waals surface area (Å²) in [6, 6.07) is 26.3. The van der Waals surface area contributed by atoms with Crippen molar-refractivity contribution in [2.45, 2.75) is 26.0 Å². The van der Waals surface area contributed by atoms with Crippen molar-refractivity contribution in [2.75, 3.05) is 42.7 Å². The van der Waals surface area contributed by atoms with E-state index in [2.05, 4.69) is 16.0 Å². The number of hydrogen-bond acceptors (Lipinski definition) is 5. The van der Waals surface area contributed by atoms with E-state index in [1.165, 1.54) is 0 Å². The molecule has 0 aliphatic carbocycles. The number of benzene rings is 4. The number of urea groups is 2. The summed E-state index contributed by atoms with van der Waals surface area (Å²) in [6.45, 7) is 3.99. The molecular formula is C34H37N5O5. The first-order valence-corrected chi connectivity index (χ1v) is 14.6. The van der Waals surface area contributed by atoms with Crippen LogP contribution in [0.3, 0.4) is 0 Å². The van der Waals surface area contributed by atoms with E-state index in [0.717, 1.165) is 10.8 Å². The van der Waals surface area contributed by atoms with Crippen LogP contribution in [0.2, 0.25) is 0 Å². The van der Waals surface area contributed by atoms with E-state index in [-0.39, 0.29) is 42.3 Å². The molecule has 4 aromatic rings. The molecule has 5 rings (SSSR count). The van der Waals surface area contributed by atoms with Crippen LogP contribution in [0.25, 0.3) is 10.8 Å². The van der Waals surface area contributed by atoms with Crippen LogP contribution in [0, 0.1) is 5.92 Å². The van der Waals surface area contributed by atoms with Crippen LogP contribution < -0.4 is 20.7 Å². The Balaban J connectivity index is 1.41. The second-order valence-electron chi connectivity index (χ2n) is 11.1. The van der Waals surface area contributed by atoms with Gasteiger partial charge in [-0.05, 0) is 42.6 Å². The van der Waals surface area contributed by atoms with Crippen LogP contribution in [0.15, 0.2) is 91.0 Å². The number of nitrogens with one attached hydrogen (secondary N) is 3. The molecular weight excluding hydrogens is 558 g/mol. The first-order valence-electron chi connectivity index (χ1n) is 14.6. The number of hydrogen-bond donors (Lipinski definition) is 4. The summed E-state index contributed by atoms with van der Waals surface area (Å²) < 4.78 is 6.53. The molecule has 0 bridgehead atoms. The highest BCUT2D eigenvalue weighted by Gasteiger charge is 2.35. The van der Waals surface area contributed by atoms with Gasteiger partial charge in [-0.3, -0.25) is 4.79 Å². The fourth-order valence-electron chi connectivity index (χ4n) is 5.26. The Morgan fingerprint density at radius 1 is 0.932 bits per heavy atom. The topological polar surface area (TPSA) is 123 Å². The maximum Gasteiger partial charge on any atom is 0.323 e. The third kappa shape index (κ3) is 6.76. The molecule has 5 amide bonds. The number of fused-ring (bicyclic) bond motifs is 2. The first-order chi connectivity index (χ1) is 21.2. The Labute approximate surface area is 256 Å². The fraction of sp³-hybridized carbons (Fsp3) is 0.265. The number of aliphatic hydroxyl groups is 1. The van der Waals surface area contributed by atoms with Gasteiger partial charge in [-0.15, -0.1) is 0 Å². The molecule has 0 fully saturated rings. The molecule has 1 heterocycles. The highest BCUT2D eigenvalue weighted by atomic mass is 16.5. The van der Waals surface area contributed by atoms with Gasteiger partial charge in [-0.1, -0.05) is 67.6 Å². The van der Waals surface area contributed by atoms with Crippen LogP contribution >= 0.6 is 0 Å². The lowest BCUT2D eigenvalue weighted by atomic mass is 9.99. The average molecular weight is 596 g/mol. The standard InChI is InChI=1S/C34H37N5O5/c1-22-19-39(23(2)21-40)32(41)27-16-10-18-29(36-33(42)35-25-13-5-4-6-14-25)31(27)44-30(22)20-38(3)34(43)37-28-17-9-12-24-11-7-8-15-26(24)28/h4-18,22-23,30,40H,19-21H2,1-3H3,(H,37,43)(H2,35,36,42)/t22-,23-,30-/m0/s1. The van der Waals surface area contributed by atoms with Gasteiger partial charge >= 0.3 is 12.1 Å². The van der Waals surface area contributed by atoms with Gasteiger partial charge in [0.25, 0.3) is 5.91 Å². The molecule has 3 atom stereocenters. The molecule has 0 aromatic heterocycles. The van der Waals surface area contributed by atoms with E-state index in [1.807, 2.05) is 67.6 Å². The zero-order valence-electron chi connectivity index (χ0n) is 25.0. The molecule has 0 radical (unpaired) electrons. The smallest absolute Gasteiger partial charge is 0.323 e. The van der Waals surface area contributed by atoms with E-state index in [0.29, 0.717) is 23.6 Å². The molecule has 0 saturated carbocycles. The minimum absolute atomic E-state index is 0.192. The zero-order valence-corrected chi connectivity index (χ0v) is 25.0. The second-order valence-corrected chi connectivity index (χ2v) is 11.1. The summed E-state index contributed by atoms with van der Waals surface area (Å²) in [4.78, 5) is 43.2. The molecule has 44 heavy (non-hydrogen) atoms. The van der Waals surface area contributed by atoms with Crippen molar-refractivity contribution < 1.29 is 24.2 Å². The van der Waals surface area contributed by atoms with Gasteiger partial charge in [0, 0.05) is 30.6 Å². The number of carbonyl (C=O) groups excluding carboxylic acids is 3. The Morgan fingerprint density at radius 2 is 1.61 bits per heavy atom. The number of aliphatic hydroxyl groups excluding tert-OH is 1. The minimum Gasteiger partial charge on any atom is -0.485 e. The normalized spacial score (nSPS) is 17.0. The zero-order chi connectivity index (χ0) is 31.2. The molecule has 4 N–H and O–H groups in total. The third-order valence-electron chi connectivity index (χ3n) is 7.80. The van der Waals surface area contributed by atoms with E-state index in [1.54, 1.807) is 54.1 Å². The lowest BCUT2D eigenvalue weighted by molar-refractivity contribution is 0.0373. The summed E-state index contributed by atoms with van der Waals surface area (Å²) in [5, 5.41) is 20.5. The van der Waals surface area contributed by atoms with E-state index < -0.39 is 18.2 Å². The summed E-state index contributed by atoms with van der Waals surface area (Å²) in [5.74, 6) is -0.351. The largest absolute Gasteiger partial charge is 0.485 e. The fourth-order valence-corrected chi connectivity index (χ4v) is 5.26. The number of rotatable bonds is 7. The van der Waals surface area contributed by atoms with Gasteiger partial charge < -0.3 is 35.6 Å². The number of ether oxygens (including phenoxy) is 1. The number of carbonyl (C=O) groups is 3. The van der Waals surface area contributed by atoms with Crippen LogP contribution in [0.4, 0.5) is 26.7 Å². The van der Waals surface area contributed by atoms with Gasteiger partial charge in [-0.2, -0.15) is 0 Å². The Hall–Kier alpha value is -5.09. The van der Waals surface area contributed by atoms with Gasteiger partial charge in [0.2, 0.25) is 0 Å². The van der Waals surface area contributed by atoms with Crippen LogP contribution in [0.1, 0.15) is 24.2 Å². The van der Waals surface area contributed by atoms with Crippen molar-refractivity contribution in [3.05, 3.63) is 96.6 Å². The highest BCUT2D eigenvalue weighted by molar-refractivity contribution is 6.04. The van der Waals surface area contributed by atoms with E-state index in [4.69, 9.17) is 4.74 Å². The van der Waals surface area contributed by atoms with Crippen LogP contribution in [-0.4, -0.2) is 71.8 Å². The molecule has 10 heteroatoms. The second kappa shape index (κ2) is 13.5. The van der Waals surface area contributed by atoms with Crippen molar-refractivity contribution in [2.24, 2.45) is 5.92 Å². The van der Waals surface area contributed by atoms with E-state index >= 15 is 0 Å². The third-order valence-corrected chi connectivity index (χ3v) is 7.80. The molecule has 0 spiro atoms. The molecule has 228 valence electrons. The molecule has 4 aromatic carbocycles. The van der Waals surface area contributed by atoms with Gasteiger partial charge in [0.15, 0.2) is 5.75 Å². The van der Waals surface area contributed by atoms with Crippen LogP contribution in [-0.2, 0) is 0 Å². The summed E-state index contributed by atoms with van der Waals surface area (Å²) in [7, 11) is 1.69. The molecule has 10 nitrogen and oxygen atoms in total. The lowest BCUT2D eigenvalue weighted by Crippen LogP contribution is -2.50. The predicted octanol–water partition coefficient (Wildman–Crippen LogP) is 5.87. The van der Waals surface area contributed by atoms with Crippen molar-refractivity contribution in [3.63, 3.8) is 0 Å². The number of para-hydroxylation sites is 2. The Bertz CT molecular complexity index is 1640.